The Morgan fingerprint density at radius 3 is 2.31 bits per heavy atom. The average molecular weight is 223 g/mol. The first kappa shape index (κ1) is 11.6. The zero-order chi connectivity index (χ0) is 11.7. The number of hydrogen-bond acceptors (Lipinski definition) is 3. The predicted octanol–water partition coefficient (Wildman–Crippen LogP) is 2.12. The molecule has 2 saturated heterocycles. The van der Waals surface area contributed by atoms with Gasteiger partial charge in [-0.25, -0.2) is 4.79 Å². The summed E-state index contributed by atoms with van der Waals surface area (Å²) in [4.78, 5) is 14.0. The van der Waals surface area contributed by atoms with Gasteiger partial charge in [0, 0.05) is 31.0 Å². The van der Waals surface area contributed by atoms with Gasteiger partial charge in [-0.3, -0.25) is 0 Å². The maximum absolute atomic E-state index is 11.5. The van der Waals surface area contributed by atoms with E-state index in [1.165, 1.54) is 12.8 Å². The van der Waals surface area contributed by atoms with Gasteiger partial charge in [0.15, 0.2) is 0 Å². The van der Waals surface area contributed by atoms with Gasteiger partial charge in [0.2, 0.25) is 0 Å². The molecule has 1 unspecified atom stereocenters. The molecular formula is C13H21NO2. The Morgan fingerprint density at radius 1 is 1.25 bits per heavy atom. The molecule has 3 atom stereocenters. The maximum Gasteiger partial charge on any atom is 0.330 e. The third-order valence-electron chi connectivity index (χ3n) is 3.74. The number of ether oxygens (including phenoxy) is 1. The molecule has 0 radical (unpaired) electrons. The number of hydrogen-bond donors (Lipinski definition) is 0. The number of carbonyl (C=O) groups excluding carboxylic acids is 1. The smallest absolute Gasteiger partial charge is 0.330 e. The zero-order valence-electron chi connectivity index (χ0n) is 10.4. The summed E-state index contributed by atoms with van der Waals surface area (Å²) < 4.78 is 5.49. The Bertz CT molecular complexity index is 293. The van der Waals surface area contributed by atoms with Crippen molar-refractivity contribution >= 4 is 5.97 Å². The monoisotopic (exact) mass is 223 g/mol. The van der Waals surface area contributed by atoms with E-state index >= 15 is 0 Å². The highest BCUT2D eigenvalue weighted by atomic mass is 16.5. The van der Waals surface area contributed by atoms with Crippen molar-refractivity contribution in [2.45, 2.75) is 57.7 Å². The highest BCUT2D eigenvalue weighted by molar-refractivity contribution is 5.82. The molecule has 3 nitrogen and oxygen atoms in total. The maximum atomic E-state index is 11.5. The number of fused-ring (bicyclic) bond motifs is 2. The van der Waals surface area contributed by atoms with Crippen LogP contribution in [0, 0.1) is 0 Å². The summed E-state index contributed by atoms with van der Waals surface area (Å²) in [5.41, 5.74) is 1.00. The fourth-order valence-corrected chi connectivity index (χ4v) is 2.89. The summed E-state index contributed by atoms with van der Waals surface area (Å²) in [6.07, 6.45) is 6.26. The van der Waals surface area contributed by atoms with Crippen molar-refractivity contribution < 1.29 is 9.53 Å². The summed E-state index contributed by atoms with van der Waals surface area (Å²) in [7, 11) is 2.19. The Labute approximate surface area is 97.5 Å². The van der Waals surface area contributed by atoms with Gasteiger partial charge in [0.1, 0.15) is 6.10 Å². The van der Waals surface area contributed by atoms with E-state index in [1.54, 1.807) is 6.08 Å². The van der Waals surface area contributed by atoms with Gasteiger partial charge in [0.25, 0.3) is 0 Å². The molecule has 2 fully saturated rings. The Balaban J connectivity index is 1.89. The van der Waals surface area contributed by atoms with Crippen molar-refractivity contribution in [2.75, 3.05) is 7.05 Å². The van der Waals surface area contributed by atoms with E-state index in [9.17, 15) is 4.79 Å². The Morgan fingerprint density at radius 2 is 1.81 bits per heavy atom. The quantitative estimate of drug-likeness (QED) is 0.530. The van der Waals surface area contributed by atoms with Gasteiger partial charge in [-0.1, -0.05) is 5.57 Å². The summed E-state index contributed by atoms with van der Waals surface area (Å²) in [6.45, 7) is 3.83. The van der Waals surface area contributed by atoms with Crippen molar-refractivity contribution in [3.63, 3.8) is 0 Å². The lowest BCUT2D eigenvalue weighted by atomic mass is 10.0. The van der Waals surface area contributed by atoms with Crippen LogP contribution in [0.3, 0.4) is 0 Å². The summed E-state index contributed by atoms with van der Waals surface area (Å²) in [5.74, 6) is -0.172. The minimum Gasteiger partial charge on any atom is -0.459 e. The largest absolute Gasteiger partial charge is 0.459 e. The van der Waals surface area contributed by atoms with Crippen LogP contribution >= 0.6 is 0 Å². The van der Waals surface area contributed by atoms with Gasteiger partial charge in [-0.2, -0.15) is 0 Å². The first-order valence-electron chi connectivity index (χ1n) is 6.13. The van der Waals surface area contributed by atoms with Crippen LogP contribution in [0.5, 0.6) is 0 Å². The lowest BCUT2D eigenvalue weighted by molar-refractivity contribution is -0.146. The van der Waals surface area contributed by atoms with Crippen LogP contribution in [-0.4, -0.2) is 36.1 Å². The fraction of sp³-hybridized carbons (Fsp3) is 0.769. The molecule has 0 aliphatic carbocycles. The van der Waals surface area contributed by atoms with E-state index in [0.29, 0.717) is 12.1 Å². The molecule has 2 aliphatic rings. The third kappa shape index (κ3) is 2.46. The molecule has 2 heterocycles. The number of rotatable bonds is 2. The first-order chi connectivity index (χ1) is 7.56. The van der Waals surface area contributed by atoms with Crippen molar-refractivity contribution in [3.8, 4) is 0 Å². The van der Waals surface area contributed by atoms with E-state index in [0.717, 1.165) is 18.4 Å². The van der Waals surface area contributed by atoms with Gasteiger partial charge >= 0.3 is 5.97 Å². The summed E-state index contributed by atoms with van der Waals surface area (Å²) in [5, 5.41) is 0. The second-order valence-corrected chi connectivity index (χ2v) is 5.30. The average Bonchev–Trinajstić information content (AvgIpc) is 2.43. The minimum absolute atomic E-state index is 0.136. The van der Waals surface area contributed by atoms with E-state index in [-0.39, 0.29) is 12.1 Å². The second kappa shape index (κ2) is 4.58. The van der Waals surface area contributed by atoms with Crippen LogP contribution in [0.15, 0.2) is 11.6 Å². The highest BCUT2D eigenvalue weighted by Crippen LogP contribution is 2.35. The lowest BCUT2D eigenvalue weighted by Crippen LogP contribution is -2.43. The molecule has 3 heteroatoms. The molecule has 0 aromatic heterocycles. The van der Waals surface area contributed by atoms with Crippen LogP contribution < -0.4 is 0 Å². The predicted molar refractivity (Wildman–Crippen MR) is 63.1 cm³/mol. The molecule has 0 N–H and O–H groups in total. The molecule has 16 heavy (non-hydrogen) atoms. The fourth-order valence-electron chi connectivity index (χ4n) is 2.89. The molecule has 0 aromatic rings. The van der Waals surface area contributed by atoms with Gasteiger partial charge < -0.3 is 9.64 Å². The van der Waals surface area contributed by atoms with Crippen LogP contribution in [0.2, 0.25) is 0 Å². The van der Waals surface area contributed by atoms with Crippen molar-refractivity contribution in [3.05, 3.63) is 11.6 Å². The normalized spacial score (nSPS) is 33.6. The molecule has 0 aromatic carbocycles. The molecular weight excluding hydrogens is 202 g/mol. The highest BCUT2D eigenvalue weighted by Gasteiger charge is 2.39. The topological polar surface area (TPSA) is 29.5 Å². The molecule has 2 bridgehead atoms. The number of allylic oxidation sites excluding steroid dienone is 1. The minimum atomic E-state index is -0.172. The molecule has 90 valence electrons. The van der Waals surface area contributed by atoms with E-state index in [1.807, 2.05) is 13.8 Å². The Hall–Kier alpha value is -0.830. The van der Waals surface area contributed by atoms with E-state index < -0.39 is 0 Å². The van der Waals surface area contributed by atoms with Gasteiger partial charge in [-0.05, 0) is 33.7 Å². The van der Waals surface area contributed by atoms with E-state index in [4.69, 9.17) is 4.74 Å². The first-order valence-corrected chi connectivity index (χ1v) is 6.13. The standard InChI is InChI=1S/C13H21NO2/c1-9(2)6-13(15)16-12-7-10-4-5-11(8-12)14(10)3/h6,10-12H,4-5,7-8H2,1-3H3/t10-,11+,12?. The molecule has 2 rings (SSSR count). The van der Waals surface area contributed by atoms with Crippen LogP contribution in [0.1, 0.15) is 39.5 Å². The van der Waals surface area contributed by atoms with Crippen LogP contribution in [0.4, 0.5) is 0 Å². The number of nitrogens with zero attached hydrogens (tertiary/aromatic N) is 1. The van der Waals surface area contributed by atoms with Gasteiger partial charge in [0.05, 0.1) is 0 Å². The Kier molecular flexibility index (Phi) is 3.33. The summed E-state index contributed by atoms with van der Waals surface area (Å²) in [6, 6.07) is 1.26. The SMILES string of the molecule is CC(C)=CC(=O)OC1C[C@H]2CC[C@@H](C1)N2C. The second-order valence-electron chi connectivity index (χ2n) is 5.30. The number of carbonyl (C=O) groups is 1. The molecule has 0 amide bonds. The number of esters is 1. The van der Waals surface area contributed by atoms with Crippen LogP contribution in [0.25, 0.3) is 0 Å². The summed E-state index contributed by atoms with van der Waals surface area (Å²) >= 11 is 0. The molecule has 0 saturated carbocycles. The lowest BCUT2D eigenvalue weighted by Gasteiger charge is -2.35. The molecule has 2 aliphatic heterocycles. The molecule has 0 spiro atoms. The van der Waals surface area contributed by atoms with Gasteiger partial charge in [-0.15, -0.1) is 0 Å². The van der Waals surface area contributed by atoms with Crippen molar-refractivity contribution in [1.82, 2.24) is 4.90 Å². The van der Waals surface area contributed by atoms with Crippen LogP contribution in [-0.2, 0) is 9.53 Å². The van der Waals surface area contributed by atoms with E-state index in [2.05, 4.69) is 11.9 Å². The third-order valence-corrected chi connectivity index (χ3v) is 3.74. The van der Waals surface area contributed by atoms with Crippen molar-refractivity contribution in [1.29, 1.82) is 0 Å². The zero-order valence-corrected chi connectivity index (χ0v) is 10.4. The number of piperidine rings is 1. The van der Waals surface area contributed by atoms with Crippen molar-refractivity contribution in [2.24, 2.45) is 0 Å².